The summed E-state index contributed by atoms with van der Waals surface area (Å²) in [5.74, 6) is 0.676. The van der Waals surface area contributed by atoms with Gasteiger partial charge in [0.1, 0.15) is 0 Å². The second-order valence-electron chi connectivity index (χ2n) is 4.27. The van der Waals surface area contributed by atoms with Crippen LogP contribution in [0.15, 0.2) is 10.6 Å². The van der Waals surface area contributed by atoms with Crippen LogP contribution in [0.25, 0.3) is 0 Å². The summed E-state index contributed by atoms with van der Waals surface area (Å²) in [6, 6.07) is 1.97. The fourth-order valence-electron chi connectivity index (χ4n) is 1.91. The van der Waals surface area contributed by atoms with Crippen LogP contribution in [0.1, 0.15) is 30.1 Å². The van der Waals surface area contributed by atoms with Gasteiger partial charge < -0.3 is 9.63 Å². The van der Waals surface area contributed by atoms with Crippen molar-refractivity contribution >= 4 is 17.7 Å². The second kappa shape index (κ2) is 5.10. The van der Waals surface area contributed by atoms with Crippen molar-refractivity contribution in [3.8, 4) is 0 Å². The van der Waals surface area contributed by atoms with E-state index >= 15 is 0 Å². The number of nitrogens with zero attached hydrogens (tertiary/aromatic N) is 2. The minimum atomic E-state index is -1.05. The summed E-state index contributed by atoms with van der Waals surface area (Å²) in [6.45, 7) is 6.03. The Labute approximate surface area is 104 Å². The van der Waals surface area contributed by atoms with Gasteiger partial charge in [-0.1, -0.05) is 12.1 Å². The fraction of sp³-hybridized carbons (Fsp3) is 0.636. The van der Waals surface area contributed by atoms with Gasteiger partial charge in [0.05, 0.1) is 6.54 Å². The third-order valence-electron chi connectivity index (χ3n) is 3.15. The monoisotopic (exact) mass is 256 g/mol. The molecular formula is C11H16N2O3S. The van der Waals surface area contributed by atoms with E-state index in [1.807, 2.05) is 11.8 Å². The molecule has 1 saturated heterocycles. The molecule has 6 heteroatoms. The number of thioether (sulfide) groups is 1. The Balaban J connectivity index is 2.01. The van der Waals surface area contributed by atoms with E-state index in [1.165, 1.54) is 6.07 Å². The average molecular weight is 256 g/mol. The number of carboxylic acid groups (broad SMARTS) is 1. The van der Waals surface area contributed by atoms with Crippen molar-refractivity contribution in [2.75, 3.05) is 12.3 Å². The van der Waals surface area contributed by atoms with Gasteiger partial charge >= 0.3 is 5.97 Å². The van der Waals surface area contributed by atoms with Crippen LogP contribution in [0.4, 0.5) is 0 Å². The molecule has 0 spiro atoms. The van der Waals surface area contributed by atoms with Gasteiger partial charge in [-0.2, -0.15) is 11.8 Å². The van der Waals surface area contributed by atoms with Crippen LogP contribution < -0.4 is 0 Å². The molecule has 1 aliphatic rings. The summed E-state index contributed by atoms with van der Waals surface area (Å²) < 4.78 is 5.03. The van der Waals surface area contributed by atoms with Gasteiger partial charge in [0.15, 0.2) is 11.5 Å². The third-order valence-corrected chi connectivity index (χ3v) is 4.49. The van der Waals surface area contributed by atoms with Crippen LogP contribution in [0.3, 0.4) is 0 Å². The smallest absolute Gasteiger partial charge is 0.358 e. The lowest BCUT2D eigenvalue weighted by atomic mass is 10.2. The lowest BCUT2D eigenvalue weighted by molar-refractivity contribution is 0.0685. The SMILES string of the molecule is CC1SCCN(Cc2cc(C(=O)O)no2)C1C. The highest BCUT2D eigenvalue weighted by atomic mass is 32.2. The zero-order valence-electron chi connectivity index (χ0n) is 9.92. The number of aromatic nitrogens is 1. The first-order chi connectivity index (χ1) is 8.08. The van der Waals surface area contributed by atoms with Crippen LogP contribution in [0.2, 0.25) is 0 Å². The van der Waals surface area contributed by atoms with Crippen molar-refractivity contribution in [1.29, 1.82) is 0 Å². The molecule has 2 rings (SSSR count). The predicted molar refractivity (Wildman–Crippen MR) is 65.3 cm³/mol. The summed E-state index contributed by atoms with van der Waals surface area (Å²) in [4.78, 5) is 13.0. The van der Waals surface area contributed by atoms with Gasteiger partial charge in [-0.15, -0.1) is 0 Å². The van der Waals surface area contributed by atoms with Crippen molar-refractivity contribution in [3.63, 3.8) is 0 Å². The van der Waals surface area contributed by atoms with E-state index < -0.39 is 5.97 Å². The summed E-state index contributed by atoms with van der Waals surface area (Å²) in [6.07, 6.45) is 0. The highest BCUT2D eigenvalue weighted by Crippen LogP contribution is 2.25. The van der Waals surface area contributed by atoms with Gasteiger partial charge in [0.25, 0.3) is 0 Å². The van der Waals surface area contributed by atoms with Crippen molar-refractivity contribution in [2.45, 2.75) is 31.7 Å². The molecule has 1 aromatic rings. The van der Waals surface area contributed by atoms with E-state index in [2.05, 4.69) is 23.9 Å². The van der Waals surface area contributed by atoms with E-state index in [0.29, 0.717) is 23.6 Å². The Morgan fingerprint density at radius 1 is 1.71 bits per heavy atom. The minimum absolute atomic E-state index is 0.0212. The van der Waals surface area contributed by atoms with Gasteiger partial charge in [-0.05, 0) is 6.92 Å². The number of aromatic carboxylic acids is 1. The summed E-state index contributed by atoms with van der Waals surface area (Å²) in [7, 11) is 0. The van der Waals surface area contributed by atoms with Crippen molar-refractivity contribution in [1.82, 2.24) is 10.1 Å². The fourth-order valence-corrected chi connectivity index (χ4v) is 3.07. The molecule has 0 aliphatic carbocycles. The van der Waals surface area contributed by atoms with Gasteiger partial charge in [0.2, 0.25) is 0 Å². The van der Waals surface area contributed by atoms with Crippen LogP contribution >= 0.6 is 11.8 Å². The molecule has 0 aromatic carbocycles. The Bertz CT molecular complexity index is 407. The molecule has 1 aromatic heterocycles. The van der Waals surface area contributed by atoms with Crippen LogP contribution in [-0.2, 0) is 6.54 Å². The van der Waals surface area contributed by atoms with Gasteiger partial charge in [0, 0.05) is 29.7 Å². The Hall–Kier alpha value is -1.01. The summed E-state index contributed by atoms with van der Waals surface area (Å²) in [5.41, 5.74) is -0.0212. The molecule has 94 valence electrons. The van der Waals surface area contributed by atoms with Crippen molar-refractivity contribution in [2.24, 2.45) is 0 Å². The lowest BCUT2D eigenvalue weighted by Gasteiger charge is -2.36. The van der Waals surface area contributed by atoms with Crippen LogP contribution in [0.5, 0.6) is 0 Å². The molecule has 2 unspecified atom stereocenters. The maximum absolute atomic E-state index is 10.7. The van der Waals surface area contributed by atoms with Gasteiger partial charge in [-0.25, -0.2) is 4.79 Å². The molecular weight excluding hydrogens is 240 g/mol. The maximum Gasteiger partial charge on any atom is 0.358 e. The van der Waals surface area contributed by atoms with Crippen molar-refractivity contribution < 1.29 is 14.4 Å². The predicted octanol–water partition coefficient (Wildman–Crippen LogP) is 1.70. The normalized spacial score (nSPS) is 26.0. The first-order valence-corrected chi connectivity index (χ1v) is 6.67. The molecule has 0 amide bonds. The Kier molecular flexibility index (Phi) is 3.73. The molecule has 1 N–H and O–H groups in total. The standard InChI is InChI=1S/C11H16N2O3S/c1-7-8(2)17-4-3-13(7)6-9-5-10(11(14)15)12-16-9/h5,7-8H,3-4,6H2,1-2H3,(H,14,15). The highest BCUT2D eigenvalue weighted by molar-refractivity contribution is 8.00. The van der Waals surface area contributed by atoms with Crippen molar-refractivity contribution in [3.05, 3.63) is 17.5 Å². The number of carbonyl (C=O) groups is 1. The van der Waals surface area contributed by atoms with E-state index in [0.717, 1.165) is 12.3 Å². The molecule has 1 aliphatic heterocycles. The quantitative estimate of drug-likeness (QED) is 0.888. The number of hydrogen-bond donors (Lipinski definition) is 1. The zero-order valence-corrected chi connectivity index (χ0v) is 10.7. The zero-order chi connectivity index (χ0) is 12.4. The first-order valence-electron chi connectivity index (χ1n) is 5.62. The Morgan fingerprint density at radius 3 is 3.12 bits per heavy atom. The lowest BCUT2D eigenvalue weighted by Crippen LogP contribution is -2.43. The highest BCUT2D eigenvalue weighted by Gasteiger charge is 2.26. The number of rotatable bonds is 3. The molecule has 2 heterocycles. The van der Waals surface area contributed by atoms with E-state index in [4.69, 9.17) is 9.63 Å². The molecule has 17 heavy (non-hydrogen) atoms. The Morgan fingerprint density at radius 2 is 2.47 bits per heavy atom. The molecule has 1 fully saturated rings. The second-order valence-corrected chi connectivity index (χ2v) is 5.76. The molecule has 0 saturated carbocycles. The summed E-state index contributed by atoms with van der Waals surface area (Å²) >= 11 is 1.97. The van der Waals surface area contributed by atoms with E-state index in [9.17, 15) is 4.79 Å². The number of hydrogen-bond acceptors (Lipinski definition) is 5. The molecule has 0 bridgehead atoms. The molecule has 5 nitrogen and oxygen atoms in total. The third kappa shape index (κ3) is 2.81. The molecule has 2 atom stereocenters. The van der Waals surface area contributed by atoms with E-state index in [-0.39, 0.29) is 5.69 Å². The molecule has 0 radical (unpaired) electrons. The maximum atomic E-state index is 10.7. The average Bonchev–Trinajstić information content (AvgIpc) is 2.73. The van der Waals surface area contributed by atoms with Gasteiger partial charge in [-0.3, -0.25) is 4.90 Å². The number of carboxylic acids is 1. The van der Waals surface area contributed by atoms with Crippen LogP contribution in [0, 0.1) is 0 Å². The van der Waals surface area contributed by atoms with E-state index in [1.54, 1.807) is 0 Å². The summed E-state index contributed by atoms with van der Waals surface area (Å²) in [5, 5.41) is 12.9. The van der Waals surface area contributed by atoms with Crippen LogP contribution in [-0.4, -0.2) is 44.7 Å². The first kappa shape index (κ1) is 12.4. The topological polar surface area (TPSA) is 66.6 Å². The minimum Gasteiger partial charge on any atom is -0.476 e. The largest absolute Gasteiger partial charge is 0.476 e.